The molecule has 0 saturated heterocycles. The van der Waals surface area contributed by atoms with Crippen LogP contribution in [0.1, 0.15) is 26.3 Å². The summed E-state index contributed by atoms with van der Waals surface area (Å²) in [6.45, 7) is 0.391. The van der Waals surface area contributed by atoms with Crippen molar-refractivity contribution >= 4 is 29.2 Å². The zero-order valence-electron chi connectivity index (χ0n) is 11.0. The molecule has 1 amide bonds. The Morgan fingerprint density at radius 1 is 1.14 bits per heavy atom. The van der Waals surface area contributed by atoms with Gasteiger partial charge in [-0.2, -0.15) is 0 Å². The van der Waals surface area contributed by atoms with E-state index in [0.717, 1.165) is 5.56 Å². The monoisotopic (exact) mass is 304 g/mol. The molecule has 0 aliphatic heterocycles. The maximum Gasteiger partial charge on any atom is 0.337 e. The average Bonchev–Trinajstić information content (AvgIpc) is 2.49. The van der Waals surface area contributed by atoms with E-state index in [2.05, 4.69) is 5.32 Å². The molecule has 5 nitrogen and oxygen atoms in total. The van der Waals surface area contributed by atoms with Crippen LogP contribution in [0.15, 0.2) is 42.5 Å². The van der Waals surface area contributed by atoms with E-state index in [4.69, 9.17) is 22.4 Å². The van der Waals surface area contributed by atoms with E-state index >= 15 is 0 Å². The van der Waals surface area contributed by atoms with Crippen molar-refractivity contribution in [3.8, 4) is 0 Å². The van der Waals surface area contributed by atoms with Crippen LogP contribution in [0.25, 0.3) is 0 Å². The van der Waals surface area contributed by atoms with Crippen molar-refractivity contribution in [2.75, 3.05) is 5.32 Å². The normalized spacial score (nSPS) is 10.2. The van der Waals surface area contributed by atoms with E-state index in [1.807, 2.05) is 0 Å². The van der Waals surface area contributed by atoms with E-state index in [-0.39, 0.29) is 16.3 Å². The lowest BCUT2D eigenvalue weighted by molar-refractivity contribution is 0.0698. The Balaban J connectivity index is 2.24. The molecule has 2 aromatic rings. The van der Waals surface area contributed by atoms with Crippen molar-refractivity contribution in [3.63, 3.8) is 0 Å². The van der Waals surface area contributed by atoms with Crippen LogP contribution in [0.4, 0.5) is 5.69 Å². The summed E-state index contributed by atoms with van der Waals surface area (Å²) in [5.41, 5.74) is 6.94. The summed E-state index contributed by atoms with van der Waals surface area (Å²) in [5.74, 6) is -1.56. The van der Waals surface area contributed by atoms with Crippen LogP contribution in [0.2, 0.25) is 5.02 Å². The average molecular weight is 305 g/mol. The molecule has 0 atom stereocenters. The van der Waals surface area contributed by atoms with Crippen molar-refractivity contribution in [1.29, 1.82) is 0 Å². The van der Waals surface area contributed by atoms with Crippen LogP contribution in [0.5, 0.6) is 0 Å². The number of aromatic carboxylic acids is 1. The van der Waals surface area contributed by atoms with Gasteiger partial charge in [0.25, 0.3) is 5.91 Å². The number of rotatable bonds is 4. The van der Waals surface area contributed by atoms with Gasteiger partial charge in [-0.15, -0.1) is 0 Å². The van der Waals surface area contributed by atoms with Crippen LogP contribution in [-0.2, 0) is 6.54 Å². The Labute approximate surface area is 126 Å². The van der Waals surface area contributed by atoms with Crippen LogP contribution < -0.4 is 11.1 Å². The zero-order chi connectivity index (χ0) is 15.4. The van der Waals surface area contributed by atoms with Crippen molar-refractivity contribution in [2.45, 2.75) is 6.54 Å². The summed E-state index contributed by atoms with van der Waals surface area (Å²) in [4.78, 5) is 23.3. The number of hydrogen-bond acceptors (Lipinski definition) is 3. The second-order valence-electron chi connectivity index (χ2n) is 4.35. The largest absolute Gasteiger partial charge is 0.478 e. The Kier molecular flexibility index (Phi) is 4.57. The minimum Gasteiger partial charge on any atom is -0.478 e. The van der Waals surface area contributed by atoms with Crippen LogP contribution in [0.3, 0.4) is 0 Å². The number of carbonyl (C=O) groups is 2. The molecule has 108 valence electrons. The third-order valence-electron chi connectivity index (χ3n) is 2.91. The zero-order valence-corrected chi connectivity index (χ0v) is 11.7. The molecule has 21 heavy (non-hydrogen) atoms. The third kappa shape index (κ3) is 3.59. The quantitative estimate of drug-likeness (QED) is 0.809. The lowest BCUT2D eigenvalue weighted by Crippen LogP contribution is -2.15. The molecule has 0 saturated carbocycles. The lowest BCUT2D eigenvalue weighted by atomic mass is 10.1. The Morgan fingerprint density at radius 2 is 1.81 bits per heavy atom. The van der Waals surface area contributed by atoms with Crippen molar-refractivity contribution in [3.05, 3.63) is 64.2 Å². The highest BCUT2D eigenvalue weighted by molar-refractivity contribution is 6.31. The predicted molar refractivity (Wildman–Crippen MR) is 80.7 cm³/mol. The van der Waals surface area contributed by atoms with Gasteiger partial charge < -0.3 is 16.2 Å². The van der Waals surface area contributed by atoms with Crippen LogP contribution >= 0.6 is 11.6 Å². The standard InChI is InChI=1S/C15H13ClN2O3/c16-11-5-6-13(12(7-11)15(20)21)18-14(19)10-3-1-9(8-17)2-4-10/h1-7H,8,17H2,(H,18,19)(H,20,21). The topological polar surface area (TPSA) is 92.4 Å². The van der Waals surface area contributed by atoms with E-state index in [1.165, 1.54) is 18.2 Å². The summed E-state index contributed by atoms with van der Waals surface area (Å²) in [5, 5.41) is 12.0. The van der Waals surface area contributed by atoms with Gasteiger partial charge in [0, 0.05) is 17.1 Å². The number of nitrogens with one attached hydrogen (secondary N) is 1. The van der Waals surface area contributed by atoms with Gasteiger partial charge in [0.05, 0.1) is 11.3 Å². The summed E-state index contributed by atoms with van der Waals surface area (Å²) < 4.78 is 0. The molecule has 0 radical (unpaired) electrons. The van der Waals surface area contributed by atoms with Gasteiger partial charge in [0.15, 0.2) is 0 Å². The number of halogens is 1. The molecule has 6 heteroatoms. The van der Waals surface area contributed by atoms with E-state index < -0.39 is 11.9 Å². The fourth-order valence-corrected chi connectivity index (χ4v) is 1.96. The molecular weight excluding hydrogens is 292 g/mol. The van der Waals surface area contributed by atoms with E-state index in [0.29, 0.717) is 12.1 Å². The Morgan fingerprint density at radius 3 is 2.38 bits per heavy atom. The van der Waals surface area contributed by atoms with Gasteiger partial charge in [-0.25, -0.2) is 4.79 Å². The van der Waals surface area contributed by atoms with Gasteiger partial charge >= 0.3 is 5.97 Å². The first kappa shape index (κ1) is 15.0. The van der Waals surface area contributed by atoms with Crippen molar-refractivity contribution in [2.24, 2.45) is 5.73 Å². The molecular formula is C15H13ClN2O3. The number of hydrogen-bond donors (Lipinski definition) is 3. The SMILES string of the molecule is NCc1ccc(C(=O)Nc2ccc(Cl)cc2C(=O)O)cc1. The molecule has 2 aromatic carbocycles. The summed E-state index contributed by atoms with van der Waals surface area (Å²) in [7, 11) is 0. The fraction of sp³-hybridized carbons (Fsp3) is 0.0667. The molecule has 4 N–H and O–H groups in total. The maximum absolute atomic E-state index is 12.1. The summed E-state index contributed by atoms with van der Waals surface area (Å²) in [6, 6.07) is 11.0. The van der Waals surface area contributed by atoms with E-state index in [1.54, 1.807) is 24.3 Å². The minimum absolute atomic E-state index is 0.0607. The fourth-order valence-electron chi connectivity index (χ4n) is 1.79. The molecule has 0 heterocycles. The highest BCUT2D eigenvalue weighted by atomic mass is 35.5. The van der Waals surface area contributed by atoms with Gasteiger partial charge in [0.1, 0.15) is 0 Å². The Hall–Kier alpha value is -2.37. The smallest absolute Gasteiger partial charge is 0.337 e. The number of amides is 1. The van der Waals surface area contributed by atoms with Gasteiger partial charge in [-0.1, -0.05) is 23.7 Å². The maximum atomic E-state index is 12.1. The lowest BCUT2D eigenvalue weighted by Gasteiger charge is -2.09. The first-order valence-electron chi connectivity index (χ1n) is 6.14. The molecule has 0 aromatic heterocycles. The van der Waals surface area contributed by atoms with E-state index in [9.17, 15) is 9.59 Å². The summed E-state index contributed by atoms with van der Waals surface area (Å²) >= 11 is 5.76. The third-order valence-corrected chi connectivity index (χ3v) is 3.15. The molecule has 0 spiro atoms. The molecule has 0 fully saturated rings. The molecule has 0 aliphatic rings. The molecule has 0 unspecified atom stereocenters. The predicted octanol–water partition coefficient (Wildman–Crippen LogP) is 2.75. The first-order chi connectivity index (χ1) is 10.0. The Bertz CT molecular complexity index is 684. The molecule has 0 aliphatic carbocycles. The second-order valence-corrected chi connectivity index (χ2v) is 4.79. The minimum atomic E-state index is -1.16. The van der Waals surface area contributed by atoms with Gasteiger partial charge in [0.2, 0.25) is 0 Å². The molecule has 0 bridgehead atoms. The molecule has 2 rings (SSSR count). The van der Waals surface area contributed by atoms with Crippen LogP contribution in [-0.4, -0.2) is 17.0 Å². The van der Waals surface area contributed by atoms with Crippen molar-refractivity contribution in [1.82, 2.24) is 0 Å². The van der Waals surface area contributed by atoms with Crippen LogP contribution in [0, 0.1) is 0 Å². The number of carboxylic acids is 1. The number of carbonyl (C=O) groups excluding carboxylic acids is 1. The second kappa shape index (κ2) is 6.39. The van der Waals surface area contributed by atoms with Gasteiger partial charge in [-0.05, 0) is 35.9 Å². The number of benzene rings is 2. The number of carboxylic acid groups (broad SMARTS) is 1. The number of anilines is 1. The first-order valence-corrected chi connectivity index (χ1v) is 6.52. The number of nitrogens with two attached hydrogens (primary N) is 1. The van der Waals surface area contributed by atoms with Gasteiger partial charge in [-0.3, -0.25) is 4.79 Å². The highest BCUT2D eigenvalue weighted by Crippen LogP contribution is 2.21. The highest BCUT2D eigenvalue weighted by Gasteiger charge is 2.14. The summed E-state index contributed by atoms with van der Waals surface area (Å²) in [6.07, 6.45) is 0. The van der Waals surface area contributed by atoms with Crippen molar-refractivity contribution < 1.29 is 14.7 Å².